The molecule has 0 aliphatic carbocycles. The van der Waals surface area contributed by atoms with Crippen LogP contribution in [0.4, 0.5) is 94.9 Å². The van der Waals surface area contributed by atoms with Gasteiger partial charge in [-0.3, -0.25) is 0 Å². The van der Waals surface area contributed by atoms with Crippen molar-refractivity contribution in [3.63, 3.8) is 0 Å². The molecule has 0 saturated carbocycles. The van der Waals surface area contributed by atoms with Crippen molar-refractivity contribution in [2.45, 2.75) is 42.8 Å². The summed E-state index contributed by atoms with van der Waals surface area (Å²) < 4.78 is 195. The van der Waals surface area contributed by atoms with Crippen molar-refractivity contribution in [1.82, 2.24) is 65.8 Å². The molecule has 0 fully saturated rings. The van der Waals surface area contributed by atoms with Gasteiger partial charge >= 0.3 is 42.7 Å². The van der Waals surface area contributed by atoms with Crippen molar-refractivity contribution in [2.24, 2.45) is 0 Å². The van der Waals surface area contributed by atoms with Gasteiger partial charge in [-0.25, -0.2) is 15.0 Å². The number of nitrogens with zero attached hydrogens (tertiary/aromatic N) is 14. The highest BCUT2D eigenvalue weighted by Crippen LogP contribution is 2.37. The second-order valence-corrected chi connectivity index (χ2v) is 18.6. The van der Waals surface area contributed by atoms with Crippen LogP contribution in [0.25, 0.3) is 21.4 Å². The molecule has 436 valence electrons. The van der Waals surface area contributed by atoms with Crippen LogP contribution in [-0.2, 0) is 42.8 Å². The summed E-state index contributed by atoms with van der Waals surface area (Å²) in [6, 6.07) is 24.3. The lowest BCUT2D eigenvalue weighted by atomic mass is 10.2. The van der Waals surface area contributed by atoms with Gasteiger partial charge in [0.1, 0.15) is 17.5 Å². The van der Waals surface area contributed by atoms with E-state index < -0.39 is 59.4 Å². The Morgan fingerprint density at radius 2 is 1.01 bits per heavy atom. The number of nitrogens with one attached hydrogen (secondary N) is 1. The Morgan fingerprint density at radius 3 is 1.45 bits per heavy atom. The number of thiophene rings is 2. The first-order valence-corrected chi connectivity index (χ1v) is 25.1. The molecule has 10 aromatic heterocycles. The average Bonchev–Trinajstić information content (AvgIpc) is 4.53. The van der Waals surface area contributed by atoms with Crippen LogP contribution >= 0.6 is 50.2 Å². The monoisotopic (exact) mass is 1300 g/mol. The second-order valence-electron chi connectivity index (χ2n) is 15.3. The highest BCUT2D eigenvalue weighted by Gasteiger charge is 2.40. The van der Waals surface area contributed by atoms with Crippen molar-refractivity contribution >= 4 is 79.3 Å². The predicted octanol–water partition coefficient (Wildman–Crippen LogP) is 14.5. The van der Waals surface area contributed by atoms with Crippen molar-refractivity contribution in [1.29, 1.82) is 0 Å². The third kappa shape index (κ3) is 19.9. The number of rotatable bonds is 9. The minimum atomic E-state index is -4.77. The van der Waals surface area contributed by atoms with E-state index in [1.54, 1.807) is 66.9 Å². The summed E-state index contributed by atoms with van der Waals surface area (Å²) in [6.07, 6.45) is -16.3. The molecule has 0 saturated heterocycles. The second kappa shape index (κ2) is 28.0. The number of alkyl halides is 16. The van der Waals surface area contributed by atoms with Gasteiger partial charge in [0.2, 0.25) is 11.6 Å². The number of pyridine rings is 3. The first-order valence-electron chi connectivity index (χ1n) is 22.0. The fourth-order valence-corrected chi connectivity index (χ4v) is 8.04. The first-order chi connectivity index (χ1) is 39.1. The zero-order chi connectivity index (χ0) is 60.6. The molecule has 10 aromatic rings. The van der Waals surface area contributed by atoms with Crippen LogP contribution in [0.1, 0.15) is 38.2 Å². The maximum absolute atomic E-state index is 13.1. The molecule has 0 aliphatic rings. The van der Waals surface area contributed by atoms with Gasteiger partial charge in [-0.1, -0.05) is 56.0 Å². The van der Waals surface area contributed by atoms with Crippen LogP contribution in [-0.4, -0.2) is 65.8 Å². The standard InChI is InChI=1S/C18H10F6N6OS.C10H7F3N4.C8H4BrF3N2OS.C5H2ClF3N2.C5H6N2/c19-17(20,21)10-7-14(28-26-8-10)30(13-3-1-2-6-25-13)9-11-4-5-12(32-11)15-27-16(31-29-15)18(22,23)24;11-10(12,13)7-5-9(17-15-6-7)16-8-3-1-2-4-14-8;9-3-4-1-2-5(16-4)6-13-7(15-14-6)8(10,11)12;6-4-1-3(2-10-11-4)5(7,8)9;6-5-3-1-2-4-7-5/h1-8H,9H2;1-6H,(H,14,16,17);1-2H,3H2;1-2H;1-4H,(H2,6,7). The minimum Gasteiger partial charge on any atom is -0.384 e. The van der Waals surface area contributed by atoms with Crippen LogP contribution in [0.5, 0.6) is 0 Å². The lowest BCUT2D eigenvalue weighted by Crippen LogP contribution is -2.20. The average molecular weight is 1300 g/mol. The van der Waals surface area contributed by atoms with E-state index in [9.17, 15) is 65.9 Å². The van der Waals surface area contributed by atoms with Crippen LogP contribution < -0.4 is 16.0 Å². The van der Waals surface area contributed by atoms with E-state index in [1.165, 1.54) is 34.7 Å². The fourth-order valence-electron chi connectivity index (χ4n) is 5.64. The SMILES string of the molecule is FC(F)(F)c1cnnc(Cl)c1.FC(F)(F)c1cnnc(N(Cc2ccc(-c3noc(C(F)(F)F)n3)s2)c2ccccn2)c1.FC(F)(F)c1cnnc(Nc2ccccn2)c1.FC(F)(F)c1nc(-c2ccc(CBr)s2)no1.Nc1ccccn1. The van der Waals surface area contributed by atoms with Crippen molar-refractivity contribution in [3.8, 4) is 21.4 Å². The maximum atomic E-state index is 13.1. The maximum Gasteiger partial charge on any atom is 0.471 e. The summed E-state index contributed by atoms with van der Waals surface area (Å²) in [5, 5.41) is 29.9. The van der Waals surface area contributed by atoms with Crippen molar-refractivity contribution in [2.75, 3.05) is 16.0 Å². The molecule has 0 aromatic carbocycles. The fraction of sp³-hybridized carbons (Fsp3) is 0.152. The Labute approximate surface area is 475 Å². The predicted molar refractivity (Wildman–Crippen MR) is 270 cm³/mol. The zero-order valence-corrected chi connectivity index (χ0v) is 44.5. The van der Waals surface area contributed by atoms with E-state index >= 15 is 0 Å². The molecule has 0 atom stereocenters. The third-order valence-corrected chi connectivity index (χ3v) is 12.6. The number of aromatic nitrogens is 13. The molecule has 0 bridgehead atoms. The summed E-state index contributed by atoms with van der Waals surface area (Å²) in [7, 11) is 0. The zero-order valence-electron chi connectivity index (χ0n) is 40.5. The Kier molecular flexibility index (Phi) is 21.5. The van der Waals surface area contributed by atoms with E-state index in [-0.39, 0.29) is 39.9 Å². The summed E-state index contributed by atoms with van der Waals surface area (Å²) in [6.45, 7) is 0.0155. The molecule has 0 unspecified atom stereocenters. The molecular formula is C46H29BrClF15N16O2S2. The normalized spacial score (nSPS) is 11.6. The quantitative estimate of drug-likeness (QED) is 0.101. The van der Waals surface area contributed by atoms with Gasteiger partial charge in [0.05, 0.1) is 51.6 Å². The van der Waals surface area contributed by atoms with E-state index in [0.717, 1.165) is 28.3 Å². The van der Waals surface area contributed by atoms with Gasteiger partial charge < -0.3 is 25.0 Å². The smallest absolute Gasteiger partial charge is 0.384 e. The van der Waals surface area contributed by atoms with E-state index in [4.69, 9.17) is 17.3 Å². The van der Waals surface area contributed by atoms with Gasteiger partial charge in [-0.15, -0.1) is 38.0 Å². The molecule has 3 N–H and O–H groups in total. The molecule has 0 spiro atoms. The van der Waals surface area contributed by atoms with E-state index in [1.807, 2.05) is 12.1 Å². The Morgan fingerprint density at radius 1 is 0.518 bits per heavy atom. The summed E-state index contributed by atoms with van der Waals surface area (Å²) in [5.74, 6) is -1.92. The van der Waals surface area contributed by atoms with Gasteiger partial charge in [0.15, 0.2) is 16.8 Å². The number of nitrogen functional groups attached to an aromatic ring is 1. The minimum absolute atomic E-state index is 0.00137. The lowest BCUT2D eigenvalue weighted by Gasteiger charge is -2.22. The molecule has 83 heavy (non-hydrogen) atoms. The lowest BCUT2D eigenvalue weighted by molar-refractivity contribution is -0.160. The molecule has 37 heteroatoms. The summed E-state index contributed by atoms with van der Waals surface area (Å²) in [4.78, 5) is 22.2. The number of halogens is 17. The molecule has 10 rings (SSSR count). The summed E-state index contributed by atoms with van der Waals surface area (Å²) in [5.41, 5.74) is 2.52. The molecule has 0 aliphatic heterocycles. The number of anilines is 5. The van der Waals surface area contributed by atoms with Crippen LogP contribution in [0.3, 0.4) is 0 Å². The van der Waals surface area contributed by atoms with Gasteiger partial charge in [-0.05, 0) is 78.9 Å². The number of nitrogens with two attached hydrogens (primary N) is 1. The molecular weight excluding hydrogens is 1270 g/mol. The van der Waals surface area contributed by atoms with Gasteiger partial charge in [0, 0.05) is 33.7 Å². The van der Waals surface area contributed by atoms with Crippen molar-refractivity contribution in [3.05, 3.63) is 178 Å². The van der Waals surface area contributed by atoms with Gasteiger partial charge in [-0.2, -0.15) is 91.1 Å². The Bertz CT molecular complexity index is 3590. The molecule has 10 heterocycles. The highest BCUT2D eigenvalue weighted by molar-refractivity contribution is 9.08. The van der Waals surface area contributed by atoms with Crippen molar-refractivity contribution < 1.29 is 74.9 Å². The summed E-state index contributed by atoms with van der Waals surface area (Å²) >= 11 is 10.8. The Balaban J connectivity index is 0.000000183. The number of hydrogen-bond acceptors (Lipinski definition) is 20. The van der Waals surface area contributed by atoms with Crippen LogP contribution in [0.15, 0.2) is 143 Å². The van der Waals surface area contributed by atoms with Gasteiger partial charge in [0.25, 0.3) is 0 Å². The topological polar surface area (TPSA) is 235 Å². The highest BCUT2D eigenvalue weighted by atomic mass is 79.9. The Hall–Kier alpha value is -8.51. The molecule has 0 amide bonds. The molecule has 0 radical (unpaired) electrons. The van der Waals surface area contributed by atoms with Crippen LogP contribution in [0.2, 0.25) is 5.15 Å². The van der Waals surface area contributed by atoms with E-state index in [0.29, 0.717) is 57.2 Å². The van der Waals surface area contributed by atoms with E-state index in [2.05, 4.69) is 96.1 Å². The number of hydrogen-bond donors (Lipinski definition) is 2. The largest absolute Gasteiger partial charge is 0.471 e. The van der Waals surface area contributed by atoms with Crippen LogP contribution in [0, 0.1) is 0 Å². The molecule has 18 nitrogen and oxygen atoms in total. The third-order valence-electron chi connectivity index (χ3n) is 9.26. The first kappa shape index (κ1) is 63.7.